The molecule has 0 aromatic carbocycles. The highest BCUT2D eigenvalue weighted by molar-refractivity contribution is 5.82. The highest BCUT2D eigenvalue weighted by Gasteiger charge is 2.54. The van der Waals surface area contributed by atoms with Crippen LogP contribution in [0.4, 0.5) is 0 Å². The molecule has 1 aliphatic carbocycles. The van der Waals surface area contributed by atoms with Gasteiger partial charge >= 0.3 is 0 Å². The van der Waals surface area contributed by atoms with Crippen LogP contribution in [-0.2, 0) is 15.7 Å². The first-order chi connectivity index (χ1) is 9.52. The van der Waals surface area contributed by atoms with Gasteiger partial charge in [0.1, 0.15) is 5.92 Å². The van der Waals surface area contributed by atoms with Crippen LogP contribution in [0.3, 0.4) is 0 Å². The molecule has 1 fully saturated rings. The molecule has 0 aliphatic heterocycles. The molecule has 0 spiro atoms. The predicted molar refractivity (Wildman–Crippen MR) is 73.1 cm³/mol. The first-order valence-corrected chi connectivity index (χ1v) is 6.82. The van der Waals surface area contributed by atoms with Crippen molar-refractivity contribution in [2.75, 3.05) is 0 Å². The van der Waals surface area contributed by atoms with Gasteiger partial charge in [0.2, 0.25) is 17.8 Å². The van der Waals surface area contributed by atoms with Crippen LogP contribution < -0.4 is 5.32 Å². The van der Waals surface area contributed by atoms with E-state index < -0.39 is 22.4 Å². The Labute approximate surface area is 122 Å². The van der Waals surface area contributed by atoms with E-state index in [9.17, 15) is 14.9 Å². The molecular weight excluding hydrogens is 276 g/mol. The first kappa shape index (κ1) is 15.4. The van der Waals surface area contributed by atoms with Crippen molar-refractivity contribution in [3.05, 3.63) is 21.8 Å². The molecule has 116 valence electrons. The lowest BCUT2D eigenvalue weighted by molar-refractivity contribution is -0.497. The van der Waals surface area contributed by atoms with Crippen molar-refractivity contribution in [2.24, 2.45) is 5.92 Å². The number of nitrogens with one attached hydrogen (secondary N) is 1. The second-order valence-corrected chi connectivity index (χ2v) is 6.98. The summed E-state index contributed by atoms with van der Waals surface area (Å²) in [5.74, 6) is -0.0643. The zero-order valence-corrected chi connectivity index (χ0v) is 12.8. The van der Waals surface area contributed by atoms with Gasteiger partial charge < -0.3 is 9.84 Å². The maximum absolute atomic E-state index is 12.0. The molecule has 8 nitrogen and oxygen atoms in total. The Morgan fingerprint density at radius 3 is 2.43 bits per heavy atom. The lowest BCUT2D eigenvalue weighted by atomic mass is 9.97. The summed E-state index contributed by atoms with van der Waals surface area (Å²) in [6, 6.07) is -0.767. The van der Waals surface area contributed by atoms with E-state index in [4.69, 9.17) is 4.52 Å². The molecule has 0 bridgehead atoms. The van der Waals surface area contributed by atoms with Crippen LogP contribution in [0.5, 0.6) is 0 Å². The molecule has 8 heteroatoms. The molecule has 2 atom stereocenters. The molecule has 2 unspecified atom stereocenters. The fourth-order valence-corrected chi connectivity index (χ4v) is 1.93. The highest BCUT2D eigenvalue weighted by Crippen LogP contribution is 2.34. The number of nitrogens with zero attached hydrogens (tertiary/aromatic N) is 3. The van der Waals surface area contributed by atoms with E-state index in [1.807, 2.05) is 20.8 Å². The standard InChI is InChI=1S/C13H20N4O4/c1-12(2,3)11-14-10(16-21-11)13(4,5)15-9(18)7-6-8(7)17(19)20/h7-8H,6H2,1-5H3,(H,15,18). The van der Waals surface area contributed by atoms with Crippen molar-refractivity contribution >= 4 is 5.91 Å². The van der Waals surface area contributed by atoms with Crippen molar-refractivity contribution in [2.45, 2.75) is 58.0 Å². The zero-order chi connectivity index (χ0) is 16.0. The van der Waals surface area contributed by atoms with Crippen LogP contribution in [0, 0.1) is 16.0 Å². The van der Waals surface area contributed by atoms with Gasteiger partial charge in [0.25, 0.3) is 0 Å². The fourth-order valence-electron chi connectivity index (χ4n) is 1.93. The lowest BCUT2D eigenvalue weighted by Gasteiger charge is -2.22. The number of hydrogen-bond donors (Lipinski definition) is 1. The molecule has 1 aromatic rings. The minimum atomic E-state index is -0.839. The van der Waals surface area contributed by atoms with Gasteiger partial charge in [-0.3, -0.25) is 14.9 Å². The van der Waals surface area contributed by atoms with E-state index in [-0.39, 0.29) is 17.7 Å². The minimum Gasteiger partial charge on any atom is -0.343 e. The summed E-state index contributed by atoms with van der Waals surface area (Å²) >= 11 is 0. The second kappa shape index (κ2) is 4.78. The molecule has 1 aliphatic rings. The number of amides is 1. The summed E-state index contributed by atoms with van der Waals surface area (Å²) in [7, 11) is 0. The third kappa shape index (κ3) is 3.20. The topological polar surface area (TPSA) is 111 Å². The second-order valence-electron chi connectivity index (χ2n) is 6.98. The van der Waals surface area contributed by atoms with Gasteiger partial charge in [0.05, 0.1) is 5.54 Å². The predicted octanol–water partition coefficient (Wildman–Crippen LogP) is 1.38. The quantitative estimate of drug-likeness (QED) is 0.663. The van der Waals surface area contributed by atoms with Gasteiger partial charge in [-0.15, -0.1) is 0 Å². The first-order valence-electron chi connectivity index (χ1n) is 6.82. The summed E-state index contributed by atoms with van der Waals surface area (Å²) in [6.07, 6.45) is 0.286. The Morgan fingerprint density at radius 1 is 1.38 bits per heavy atom. The summed E-state index contributed by atoms with van der Waals surface area (Å²) < 4.78 is 5.21. The summed E-state index contributed by atoms with van der Waals surface area (Å²) in [5.41, 5.74) is -1.12. The van der Waals surface area contributed by atoms with E-state index in [1.165, 1.54) is 0 Å². The molecule has 1 aromatic heterocycles. The van der Waals surface area contributed by atoms with Gasteiger partial charge in [0.15, 0.2) is 5.82 Å². The molecule has 1 heterocycles. The van der Waals surface area contributed by atoms with Gasteiger partial charge in [0, 0.05) is 16.8 Å². The SMILES string of the molecule is CC(C)(C)c1nc(C(C)(C)NC(=O)C2CC2[N+](=O)[O-])no1. The van der Waals surface area contributed by atoms with E-state index in [0.717, 1.165) is 0 Å². The number of carbonyl (C=O) groups is 1. The Morgan fingerprint density at radius 2 is 2.00 bits per heavy atom. The van der Waals surface area contributed by atoms with Crippen LogP contribution >= 0.6 is 0 Å². The van der Waals surface area contributed by atoms with Crippen LogP contribution in [0.1, 0.15) is 52.8 Å². The van der Waals surface area contributed by atoms with E-state index in [2.05, 4.69) is 15.5 Å². The maximum atomic E-state index is 12.0. The largest absolute Gasteiger partial charge is 0.343 e. The molecule has 0 radical (unpaired) electrons. The van der Waals surface area contributed by atoms with Crippen LogP contribution in [-0.4, -0.2) is 27.0 Å². The number of hydrogen-bond acceptors (Lipinski definition) is 6. The fraction of sp³-hybridized carbons (Fsp3) is 0.769. The molecule has 0 saturated heterocycles. The van der Waals surface area contributed by atoms with E-state index in [0.29, 0.717) is 11.7 Å². The Bertz CT molecular complexity index is 573. The monoisotopic (exact) mass is 296 g/mol. The molecular formula is C13H20N4O4. The molecule has 2 rings (SSSR count). The van der Waals surface area contributed by atoms with Crippen molar-refractivity contribution in [1.29, 1.82) is 0 Å². The molecule has 1 amide bonds. The van der Waals surface area contributed by atoms with Crippen molar-refractivity contribution in [1.82, 2.24) is 15.5 Å². The van der Waals surface area contributed by atoms with Crippen LogP contribution in [0.2, 0.25) is 0 Å². The Balaban J connectivity index is 2.07. The summed E-state index contributed by atoms with van der Waals surface area (Å²) in [6.45, 7) is 9.32. The Hall–Kier alpha value is -1.99. The van der Waals surface area contributed by atoms with Crippen LogP contribution in [0.15, 0.2) is 4.52 Å². The minimum absolute atomic E-state index is 0.279. The van der Waals surface area contributed by atoms with Crippen molar-refractivity contribution in [3.63, 3.8) is 0 Å². The van der Waals surface area contributed by atoms with E-state index in [1.54, 1.807) is 13.8 Å². The van der Waals surface area contributed by atoms with Gasteiger partial charge in [-0.25, -0.2) is 0 Å². The van der Waals surface area contributed by atoms with Gasteiger partial charge in [-0.1, -0.05) is 25.9 Å². The lowest BCUT2D eigenvalue weighted by Crippen LogP contribution is -2.43. The third-order valence-corrected chi connectivity index (χ3v) is 3.43. The van der Waals surface area contributed by atoms with Crippen LogP contribution in [0.25, 0.3) is 0 Å². The number of aromatic nitrogens is 2. The molecule has 1 N–H and O–H groups in total. The molecule has 21 heavy (non-hydrogen) atoms. The van der Waals surface area contributed by atoms with Gasteiger partial charge in [-0.05, 0) is 13.8 Å². The van der Waals surface area contributed by atoms with Gasteiger partial charge in [-0.2, -0.15) is 4.98 Å². The average Bonchev–Trinajstić information content (AvgIpc) is 2.95. The average molecular weight is 296 g/mol. The zero-order valence-electron chi connectivity index (χ0n) is 12.8. The third-order valence-electron chi connectivity index (χ3n) is 3.43. The van der Waals surface area contributed by atoms with Crippen molar-refractivity contribution in [3.8, 4) is 0 Å². The summed E-state index contributed by atoms with van der Waals surface area (Å²) in [4.78, 5) is 26.5. The highest BCUT2D eigenvalue weighted by atomic mass is 16.6. The number of carbonyl (C=O) groups excluding carboxylic acids is 1. The molecule has 1 saturated carbocycles. The summed E-state index contributed by atoms with van der Waals surface area (Å²) in [5, 5.41) is 17.3. The maximum Gasteiger partial charge on any atom is 0.232 e. The van der Waals surface area contributed by atoms with E-state index >= 15 is 0 Å². The normalized spacial score (nSPS) is 22.0. The smallest absolute Gasteiger partial charge is 0.232 e. The number of rotatable bonds is 4. The van der Waals surface area contributed by atoms with Crippen molar-refractivity contribution < 1.29 is 14.2 Å². The number of nitro groups is 1. The Kier molecular flexibility index (Phi) is 3.51.